The molecule has 0 bridgehead atoms. The van der Waals surface area contributed by atoms with Crippen LogP contribution >= 0.6 is 0 Å². The fourth-order valence-electron chi connectivity index (χ4n) is 4.50. The number of rotatable bonds is 3. The van der Waals surface area contributed by atoms with E-state index in [1.165, 1.54) is 12.8 Å². The van der Waals surface area contributed by atoms with E-state index in [1.54, 1.807) is 0 Å². The summed E-state index contributed by atoms with van der Waals surface area (Å²) in [6.07, 6.45) is 10.4. The number of carbonyl (C=O) groups excluding carboxylic acids is 1. The number of carbonyl (C=O) groups is 1. The molecular weight excluding hydrogens is 292 g/mol. The van der Waals surface area contributed by atoms with E-state index in [9.17, 15) is 4.79 Å². The van der Waals surface area contributed by atoms with Gasteiger partial charge in [0.15, 0.2) is 5.82 Å². The predicted molar refractivity (Wildman–Crippen MR) is 84.3 cm³/mol. The molecule has 23 heavy (non-hydrogen) atoms. The Balaban J connectivity index is 1.52. The summed E-state index contributed by atoms with van der Waals surface area (Å²) in [7, 11) is 0. The van der Waals surface area contributed by atoms with Crippen LogP contribution in [0.25, 0.3) is 0 Å². The van der Waals surface area contributed by atoms with Gasteiger partial charge in [-0.1, -0.05) is 30.8 Å². The number of nitrogens with two attached hydrogens (primary N) is 1. The zero-order valence-corrected chi connectivity index (χ0v) is 13.7. The van der Waals surface area contributed by atoms with Gasteiger partial charge < -0.3 is 15.2 Å². The van der Waals surface area contributed by atoms with Crippen LogP contribution in [0.2, 0.25) is 0 Å². The second kappa shape index (κ2) is 5.89. The average Bonchev–Trinajstić information content (AvgIpc) is 3.30. The highest BCUT2D eigenvalue weighted by Crippen LogP contribution is 2.38. The minimum absolute atomic E-state index is 0.0469. The molecule has 2 N–H and O–H groups in total. The van der Waals surface area contributed by atoms with Gasteiger partial charge >= 0.3 is 0 Å². The van der Waals surface area contributed by atoms with Gasteiger partial charge in [-0.05, 0) is 38.5 Å². The standard InChI is InChI=1S/C17H26N4O2/c18-17(9-3-4-10-17)16-19-14(23-20-16)13-8-5-11-21(13)15(22)12-6-1-2-7-12/h12-13H,1-11,18H2. The van der Waals surface area contributed by atoms with E-state index in [2.05, 4.69) is 10.1 Å². The van der Waals surface area contributed by atoms with E-state index in [-0.39, 0.29) is 17.9 Å². The molecule has 126 valence electrons. The summed E-state index contributed by atoms with van der Waals surface area (Å²) in [4.78, 5) is 19.4. The zero-order valence-electron chi connectivity index (χ0n) is 13.7. The maximum Gasteiger partial charge on any atom is 0.249 e. The molecule has 2 aliphatic carbocycles. The Bertz CT molecular complexity index is 573. The van der Waals surface area contributed by atoms with Gasteiger partial charge in [-0.15, -0.1) is 0 Å². The van der Waals surface area contributed by atoms with Crippen LogP contribution in [-0.4, -0.2) is 27.5 Å². The first-order valence-electron chi connectivity index (χ1n) is 9.11. The third-order valence-corrected chi connectivity index (χ3v) is 5.91. The lowest BCUT2D eigenvalue weighted by Crippen LogP contribution is -2.36. The molecule has 2 heterocycles. The van der Waals surface area contributed by atoms with Gasteiger partial charge in [0.2, 0.25) is 11.8 Å². The SMILES string of the molecule is NC1(c2noc(C3CCCN3C(=O)C3CCCC3)n2)CCCC1. The van der Waals surface area contributed by atoms with Crippen molar-refractivity contribution in [3.8, 4) is 0 Å². The van der Waals surface area contributed by atoms with Crippen LogP contribution in [0.5, 0.6) is 0 Å². The van der Waals surface area contributed by atoms with Crippen molar-refractivity contribution < 1.29 is 9.32 Å². The normalized spacial score (nSPS) is 27.9. The maximum atomic E-state index is 12.8. The molecule has 1 aliphatic heterocycles. The van der Waals surface area contributed by atoms with Crippen molar-refractivity contribution in [3.63, 3.8) is 0 Å². The second-order valence-corrected chi connectivity index (χ2v) is 7.49. The van der Waals surface area contributed by atoms with Gasteiger partial charge in [0, 0.05) is 12.5 Å². The van der Waals surface area contributed by atoms with E-state index in [1.807, 2.05) is 4.90 Å². The first-order valence-corrected chi connectivity index (χ1v) is 9.11. The second-order valence-electron chi connectivity index (χ2n) is 7.49. The molecule has 1 unspecified atom stereocenters. The summed E-state index contributed by atoms with van der Waals surface area (Å²) in [6, 6.07) is -0.0469. The minimum Gasteiger partial charge on any atom is -0.337 e. The summed E-state index contributed by atoms with van der Waals surface area (Å²) in [5, 5.41) is 4.16. The molecule has 0 radical (unpaired) electrons. The van der Waals surface area contributed by atoms with Crippen LogP contribution in [0.15, 0.2) is 4.52 Å². The number of nitrogens with zero attached hydrogens (tertiary/aromatic N) is 3. The molecule has 0 aromatic carbocycles. The largest absolute Gasteiger partial charge is 0.337 e. The number of hydrogen-bond acceptors (Lipinski definition) is 5. The Morgan fingerprint density at radius 1 is 1.13 bits per heavy atom. The Hall–Kier alpha value is -1.43. The topological polar surface area (TPSA) is 85.2 Å². The third-order valence-electron chi connectivity index (χ3n) is 5.91. The molecule has 1 aromatic heterocycles. The smallest absolute Gasteiger partial charge is 0.249 e. The Kier molecular flexibility index (Phi) is 3.87. The summed E-state index contributed by atoms with van der Waals surface area (Å²) in [6.45, 7) is 0.811. The average molecular weight is 318 g/mol. The summed E-state index contributed by atoms with van der Waals surface area (Å²) in [5.41, 5.74) is 5.99. The van der Waals surface area contributed by atoms with Crippen LogP contribution in [0.4, 0.5) is 0 Å². The van der Waals surface area contributed by atoms with Gasteiger partial charge in [-0.25, -0.2) is 0 Å². The predicted octanol–water partition coefficient (Wildman–Crippen LogP) is 2.65. The summed E-state index contributed by atoms with van der Waals surface area (Å²) in [5.74, 6) is 1.70. The van der Waals surface area contributed by atoms with Crippen molar-refractivity contribution >= 4 is 5.91 Å². The molecule has 3 aliphatic rings. The monoisotopic (exact) mass is 318 g/mol. The van der Waals surface area contributed by atoms with E-state index in [4.69, 9.17) is 10.3 Å². The van der Waals surface area contributed by atoms with Gasteiger partial charge in [0.05, 0.1) is 5.54 Å². The molecule has 3 fully saturated rings. The molecule has 6 heteroatoms. The number of aromatic nitrogens is 2. The third kappa shape index (κ3) is 2.67. The maximum absolute atomic E-state index is 12.8. The summed E-state index contributed by atoms with van der Waals surface area (Å²) < 4.78 is 5.53. The van der Waals surface area contributed by atoms with Gasteiger partial charge in [0.25, 0.3) is 0 Å². The highest BCUT2D eigenvalue weighted by Gasteiger charge is 2.40. The van der Waals surface area contributed by atoms with Crippen molar-refractivity contribution in [3.05, 3.63) is 11.7 Å². The highest BCUT2D eigenvalue weighted by atomic mass is 16.5. The highest BCUT2D eigenvalue weighted by molar-refractivity contribution is 5.79. The molecule has 1 saturated heterocycles. The van der Waals surface area contributed by atoms with E-state index in [0.717, 1.165) is 57.9 Å². The van der Waals surface area contributed by atoms with Crippen molar-refractivity contribution in [1.82, 2.24) is 15.0 Å². The lowest BCUT2D eigenvalue weighted by molar-refractivity contribution is -0.136. The Labute approximate surface area is 136 Å². The number of amides is 1. The molecule has 0 spiro atoms. The molecule has 2 saturated carbocycles. The number of likely N-dealkylation sites (tertiary alicyclic amines) is 1. The van der Waals surface area contributed by atoms with Crippen LogP contribution in [0, 0.1) is 5.92 Å². The fraction of sp³-hybridized carbons (Fsp3) is 0.824. The van der Waals surface area contributed by atoms with Crippen molar-refractivity contribution in [1.29, 1.82) is 0 Å². The molecule has 6 nitrogen and oxygen atoms in total. The van der Waals surface area contributed by atoms with Crippen LogP contribution in [0.1, 0.15) is 82.0 Å². The lowest BCUT2D eigenvalue weighted by Gasteiger charge is -2.25. The first kappa shape index (κ1) is 15.1. The van der Waals surface area contributed by atoms with Crippen molar-refractivity contribution in [2.45, 2.75) is 75.8 Å². The first-order chi connectivity index (χ1) is 11.2. The van der Waals surface area contributed by atoms with Gasteiger partial charge in [-0.3, -0.25) is 4.79 Å². The molecule has 1 aromatic rings. The Morgan fingerprint density at radius 3 is 2.61 bits per heavy atom. The number of hydrogen-bond donors (Lipinski definition) is 1. The molecule has 1 amide bonds. The van der Waals surface area contributed by atoms with Crippen LogP contribution in [-0.2, 0) is 10.3 Å². The fourth-order valence-corrected chi connectivity index (χ4v) is 4.50. The van der Waals surface area contributed by atoms with Crippen molar-refractivity contribution in [2.75, 3.05) is 6.54 Å². The minimum atomic E-state index is -0.430. The van der Waals surface area contributed by atoms with E-state index < -0.39 is 5.54 Å². The van der Waals surface area contributed by atoms with E-state index >= 15 is 0 Å². The lowest BCUT2D eigenvalue weighted by atomic mass is 9.98. The van der Waals surface area contributed by atoms with Crippen molar-refractivity contribution in [2.24, 2.45) is 11.7 Å². The van der Waals surface area contributed by atoms with Gasteiger partial charge in [0.1, 0.15) is 6.04 Å². The van der Waals surface area contributed by atoms with Crippen LogP contribution in [0.3, 0.4) is 0 Å². The van der Waals surface area contributed by atoms with Crippen LogP contribution < -0.4 is 5.73 Å². The molecular formula is C17H26N4O2. The summed E-state index contributed by atoms with van der Waals surface area (Å²) >= 11 is 0. The molecule has 1 atom stereocenters. The van der Waals surface area contributed by atoms with E-state index in [0.29, 0.717) is 11.7 Å². The zero-order chi connectivity index (χ0) is 15.9. The quantitative estimate of drug-likeness (QED) is 0.926. The molecule has 4 rings (SSSR count). The Morgan fingerprint density at radius 2 is 1.87 bits per heavy atom. The van der Waals surface area contributed by atoms with Gasteiger partial charge in [-0.2, -0.15) is 4.98 Å².